The topological polar surface area (TPSA) is 62.7 Å². The van der Waals surface area contributed by atoms with Crippen LogP contribution >= 0.6 is 11.6 Å². The van der Waals surface area contributed by atoms with E-state index in [9.17, 15) is 0 Å². The molecule has 0 aliphatic carbocycles. The first-order chi connectivity index (χ1) is 8.34. The first-order valence-electron chi connectivity index (χ1n) is 5.21. The van der Waals surface area contributed by atoms with Gasteiger partial charge in [0.25, 0.3) is 0 Å². The van der Waals surface area contributed by atoms with Gasteiger partial charge in [0.15, 0.2) is 0 Å². The summed E-state index contributed by atoms with van der Waals surface area (Å²) < 4.78 is 0. The van der Waals surface area contributed by atoms with Crippen molar-refractivity contribution in [1.29, 1.82) is 0 Å². The van der Waals surface area contributed by atoms with E-state index in [-0.39, 0.29) is 0 Å². The van der Waals surface area contributed by atoms with E-state index in [1.54, 1.807) is 12.4 Å². The zero-order chi connectivity index (χ0) is 11.9. The molecule has 0 atom stereocenters. The highest BCUT2D eigenvalue weighted by molar-refractivity contribution is 6.29. The fourth-order valence-electron chi connectivity index (χ4n) is 1.28. The van der Waals surface area contributed by atoms with Crippen molar-refractivity contribution in [1.82, 2.24) is 15.0 Å². The highest BCUT2D eigenvalue weighted by Gasteiger charge is 1.95. The lowest BCUT2D eigenvalue weighted by molar-refractivity contribution is 1.04. The predicted octanol–water partition coefficient (Wildman–Crippen LogP) is 2.05. The number of hydrogen-bond donors (Lipinski definition) is 2. The third-order valence-corrected chi connectivity index (χ3v) is 2.19. The van der Waals surface area contributed by atoms with Crippen molar-refractivity contribution in [2.45, 2.75) is 0 Å². The number of halogens is 1. The van der Waals surface area contributed by atoms with Gasteiger partial charge in [-0.25, -0.2) is 9.97 Å². The Morgan fingerprint density at radius 1 is 1.06 bits per heavy atom. The van der Waals surface area contributed by atoms with Crippen LogP contribution in [-0.4, -0.2) is 28.0 Å². The minimum atomic E-state index is 0.382. The molecule has 0 radical (unpaired) electrons. The second-order valence-corrected chi connectivity index (χ2v) is 3.68. The van der Waals surface area contributed by atoms with Gasteiger partial charge >= 0.3 is 0 Å². The van der Waals surface area contributed by atoms with Gasteiger partial charge in [-0.3, -0.25) is 4.98 Å². The molecule has 6 heteroatoms. The number of nitrogens with zero attached hydrogens (tertiary/aromatic N) is 3. The SMILES string of the molecule is Clc1cncc(NCCNc2ccccn2)n1. The molecular weight excluding hydrogens is 238 g/mol. The van der Waals surface area contributed by atoms with Crippen LogP contribution < -0.4 is 10.6 Å². The summed E-state index contributed by atoms with van der Waals surface area (Å²) in [5, 5.41) is 6.66. The maximum atomic E-state index is 5.71. The largest absolute Gasteiger partial charge is 0.368 e. The maximum absolute atomic E-state index is 5.71. The van der Waals surface area contributed by atoms with Gasteiger partial charge in [-0.15, -0.1) is 0 Å². The normalized spacial score (nSPS) is 9.94. The van der Waals surface area contributed by atoms with E-state index >= 15 is 0 Å². The van der Waals surface area contributed by atoms with E-state index in [0.29, 0.717) is 17.5 Å². The van der Waals surface area contributed by atoms with Gasteiger partial charge in [0, 0.05) is 19.3 Å². The van der Waals surface area contributed by atoms with Crippen molar-refractivity contribution in [2.75, 3.05) is 23.7 Å². The predicted molar refractivity (Wildman–Crippen MR) is 68.3 cm³/mol. The molecule has 0 spiro atoms. The van der Waals surface area contributed by atoms with Gasteiger partial charge in [-0.05, 0) is 12.1 Å². The Bertz CT molecular complexity index is 462. The molecule has 0 unspecified atom stereocenters. The van der Waals surface area contributed by atoms with Crippen molar-refractivity contribution in [2.24, 2.45) is 0 Å². The maximum Gasteiger partial charge on any atom is 0.149 e. The third-order valence-electron chi connectivity index (χ3n) is 2.01. The van der Waals surface area contributed by atoms with Crippen molar-refractivity contribution in [3.05, 3.63) is 41.9 Å². The van der Waals surface area contributed by atoms with Crippen LogP contribution in [0.3, 0.4) is 0 Å². The molecule has 0 bridgehead atoms. The molecule has 0 aromatic carbocycles. The number of hydrogen-bond acceptors (Lipinski definition) is 5. The van der Waals surface area contributed by atoms with E-state index in [4.69, 9.17) is 11.6 Å². The van der Waals surface area contributed by atoms with Gasteiger partial charge in [0.05, 0.1) is 12.4 Å². The Morgan fingerprint density at radius 2 is 1.88 bits per heavy atom. The monoisotopic (exact) mass is 249 g/mol. The molecule has 88 valence electrons. The molecule has 2 N–H and O–H groups in total. The van der Waals surface area contributed by atoms with Crippen LogP contribution in [0.2, 0.25) is 5.15 Å². The third kappa shape index (κ3) is 3.88. The fraction of sp³-hybridized carbons (Fsp3) is 0.182. The molecule has 0 saturated heterocycles. The average molecular weight is 250 g/mol. The Balaban J connectivity index is 1.73. The number of nitrogens with one attached hydrogen (secondary N) is 2. The van der Waals surface area contributed by atoms with Crippen molar-refractivity contribution in [3.8, 4) is 0 Å². The van der Waals surface area contributed by atoms with Crippen molar-refractivity contribution < 1.29 is 0 Å². The smallest absolute Gasteiger partial charge is 0.149 e. The Kier molecular flexibility index (Phi) is 4.10. The second kappa shape index (κ2) is 6.00. The Morgan fingerprint density at radius 3 is 2.59 bits per heavy atom. The summed E-state index contributed by atoms with van der Waals surface area (Å²) in [6.45, 7) is 1.46. The summed E-state index contributed by atoms with van der Waals surface area (Å²) in [6.07, 6.45) is 4.88. The summed E-state index contributed by atoms with van der Waals surface area (Å²) in [7, 11) is 0. The van der Waals surface area contributed by atoms with Crippen LogP contribution in [0.1, 0.15) is 0 Å². The molecular formula is C11H12ClN5. The zero-order valence-corrected chi connectivity index (χ0v) is 9.85. The highest BCUT2D eigenvalue weighted by atomic mass is 35.5. The molecule has 0 amide bonds. The van der Waals surface area contributed by atoms with Crippen molar-refractivity contribution >= 4 is 23.2 Å². The summed E-state index contributed by atoms with van der Waals surface area (Å²) in [5.41, 5.74) is 0. The van der Waals surface area contributed by atoms with E-state index in [2.05, 4.69) is 25.6 Å². The van der Waals surface area contributed by atoms with E-state index in [1.807, 2.05) is 18.2 Å². The molecule has 5 nitrogen and oxygen atoms in total. The van der Waals surface area contributed by atoms with Crippen LogP contribution in [-0.2, 0) is 0 Å². The lowest BCUT2D eigenvalue weighted by atomic mass is 10.4. The van der Waals surface area contributed by atoms with Crippen LogP contribution in [0.5, 0.6) is 0 Å². The Hall–Kier alpha value is -1.88. The van der Waals surface area contributed by atoms with Crippen LogP contribution in [0.25, 0.3) is 0 Å². The Labute approximate surface area is 104 Å². The summed E-state index contributed by atoms with van der Waals surface area (Å²) in [4.78, 5) is 12.1. The molecule has 0 aliphatic rings. The molecule has 0 saturated carbocycles. The van der Waals surface area contributed by atoms with Gasteiger partial charge in [0.2, 0.25) is 0 Å². The van der Waals surface area contributed by atoms with E-state index in [0.717, 1.165) is 12.4 Å². The number of pyridine rings is 1. The number of anilines is 2. The first-order valence-corrected chi connectivity index (χ1v) is 5.59. The lowest BCUT2D eigenvalue weighted by Crippen LogP contribution is -2.14. The molecule has 0 fully saturated rings. The molecule has 2 aromatic heterocycles. The molecule has 17 heavy (non-hydrogen) atoms. The average Bonchev–Trinajstić information content (AvgIpc) is 2.36. The van der Waals surface area contributed by atoms with E-state index in [1.165, 1.54) is 6.20 Å². The minimum absolute atomic E-state index is 0.382. The van der Waals surface area contributed by atoms with Gasteiger partial charge in [-0.2, -0.15) is 0 Å². The quantitative estimate of drug-likeness (QED) is 0.794. The summed E-state index contributed by atoms with van der Waals surface area (Å²) in [6, 6.07) is 5.73. The lowest BCUT2D eigenvalue weighted by Gasteiger charge is -2.07. The summed E-state index contributed by atoms with van der Waals surface area (Å²) in [5.74, 6) is 1.52. The zero-order valence-electron chi connectivity index (χ0n) is 9.10. The molecule has 0 aliphatic heterocycles. The summed E-state index contributed by atoms with van der Waals surface area (Å²) >= 11 is 5.71. The van der Waals surface area contributed by atoms with Crippen LogP contribution in [0.15, 0.2) is 36.8 Å². The van der Waals surface area contributed by atoms with E-state index < -0.39 is 0 Å². The fourth-order valence-corrected chi connectivity index (χ4v) is 1.42. The molecule has 2 aromatic rings. The number of rotatable bonds is 5. The molecule has 2 heterocycles. The standard InChI is InChI=1S/C11H12ClN5/c12-9-7-13-8-11(17-9)16-6-5-15-10-3-1-2-4-14-10/h1-4,7-8H,5-6H2,(H,14,15)(H,16,17). The molecule has 2 rings (SSSR count). The van der Waals surface area contributed by atoms with Gasteiger partial charge < -0.3 is 10.6 Å². The van der Waals surface area contributed by atoms with Crippen molar-refractivity contribution in [3.63, 3.8) is 0 Å². The number of aromatic nitrogens is 3. The second-order valence-electron chi connectivity index (χ2n) is 3.30. The van der Waals surface area contributed by atoms with Crippen LogP contribution in [0, 0.1) is 0 Å². The van der Waals surface area contributed by atoms with Gasteiger partial charge in [-0.1, -0.05) is 17.7 Å². The first kappa shape index (κ1) is 11.6. The highest BCUT2D eigenvalue weighted by Crippen LogP contribution is 2.06. The van der Waals surface area contributed by atoms with Gasteiger partial charge in [0.1, 0.15) is 16.8 Å². The minimum Gasteiger partial charge on any atom is -0.368 e. The van der Waals surface area contributed by atoms with Crippen LogP contribution in [0.4, 0.5) is 11.6 Å².